The van der Waals surface area contributed by atoms with Gasteiger partial charge in [-0.05, 0) is 50.6 Å². The minimum absolute atomic E-state index is 0.0903. The molecular formula is C15H21N3O. The average molecular weight is 259 g/mol. The van der Waals surface area contributed by atoms with Crippen LogP contribution in [0.25, 0.3) is 11.3 Å². The van der Waals surface area contributed by atoms with Crippen molar-refractivity contribution in [3.63, 3.8) is 0 Å². The lowest BCUT2D eigenvalue weighted by Gasteiger charge is -2.19. The Morgan fingerprint density at radius 2 is 1.89 bits per heavy atom. The van der Waals surface area contributed by atoms with Crippen LogP contribution in [0.1, 0.15) is 26.6 Å². The molecule has 0 fully saturated rings. The lowest BCUT2D eigenvalue weighted by Crippen LogP contribution is -2.35. The van der Waals surface area contributed by atoms with Crippen molar-refractivity contribution in [1.29, 1.82) is 0 Å². The molecule has 0 amide bonds. The summed E-state index contributed by atoms with van der Waals surface area (Å²) in [4.78, 5) is 7.71. The van der Waals surface area contributed by atoms with Gasteiger partial charge < -0.3 is 15.0 Å². The normalized spacial score (nSPS) is 11.6. The lowest BCUT2D eigenvalue weighted by molar-refractivity contribution is 0.415. The van der Waals surface area contributed by atoms with Crippen molar-refractivity contribution in [2.24, 2.45) is 0 Å². The first kappa shape index (κ1) is 13.6. The highest BCUT2D eigenvalue weighted by Crippen LogP contribution is 2.20. The zero-order valence-electron chi connectivity index (χ0n) is 11.9. The summed E-state index contributed by atoms with van der Waals surface area (Å²) < 4.78 is 5.15. The summed E-state index contributed by atoms with van der Waals surface area (Å²) in [6.45, 7) is 7.15. The van der Waals surface area contributed by atoms with E-state index in [2.05, 4.69) is 36.1 Å². The van der Waals surface area contributed by atoms with Crippen molar-refractivity contribution in [3.8, 4) is 17.0 Å². The summed E-state index contributed by atoms with van der Waals surface area (Å²) >= 11 is 0. The zero-order chi connectivity index (χ0) is 13.9. The number of hydrogen-bond donors (Lipinski definition) is 2. The third-order valence-electron chi connectivity index (χ3n) is 2.82. The molecule has 0 saturated carbocycles. The number of ether oxygens (including phenoxy) is 1. The van der Waals surface area contributed by atoms with Crippen LogP contribution in [0.4, 0.5) is 0 Å². The predicted molar refractivity (Wildman–Crippen MR) is 77.2 cm³/mol. The number of rotatable bonds is 4. The fraction of sp³-hybridized carbons (Fsp3) is 0.400. The second-order valence-electron chi connectivity index (χ2n) is 5.58. The van der Waals surface area contributed by atoms with Gasteiger partial charge in [0.1, 0.15) is 11.6 Å². The summed E-state index contributed by atoms with van der Waals surface area (Å²) in [5, 5.41) is 3.41. The Kier molecular flexibility index (Phi) is 3.90. The van der Waals surface area contributed by atoms with Gasteiger partial charge in [-0.25, -0.2) is 4.98 Å². The Balaban J connectivity index is 2.07. The molecule has 0 atom stereocenters. The summed E-state index contributed by atoms with van der Waals surface area (Å²) in [7, 11) is 1.67. The van der Waals surface area contributed by atoms with E-state index < -0.39 is 0 Å². The number of aromatic nitrogens is 2. The fourth-order valence-electron chi connectivity index (χ4n) is 1.72. The van der Waals surface area contributed by atoms with Crippen molar-refractivity contribution in [1.82, 2.24) is 15.3 Å². The first-order chi connectivity index (χ1) is 8.98. The molecule has 0 spiro atoms. The number of aromatic amines is 1. The van der Waals surface area contributed by atoms with Crippen LogP contribution in [0.2, 0.25) is 0 Å². The van der Waals surface area contributed by atoms with Gasteiger partial charge in [0.25, 0.3) is 0 Å². The summed E-state index contributed by atoms with van der Waals surface area (Å²) in [5.74, 6) is 1.80. The highest BCUT2D eigenvalue weighted by molar-refractivity contribution is 5.59. The second kappa shape index (κ2) is 5.45. The molecule has 2 N–H and O–H groups in total. The lowest BCUT2D eigenvalue weighted by atomic mass is 10.1. The smallest absolute Gasteiger partial charge is 0.120 e. The topological polar surface area (TPSA) is 49.9 Å². The molecule has 0 aliphatic heterocycles. The van der Waals surface area contributed by atoms with Crippen molar-refractivity contribution in [3.05, 3.63) is 36.3 Å². The van der Waals surface area contributed by atoms with Crippen LogP contribution < -0.4 is 10.1 Å². The van der Waals surface area contributed by atoms with Crippen LogP contribution in [-0.2, 0) is 6.54 Å². The van der Waals surface area contributed by atoms with Gasteiger partial charge in [0.15, 0.2) is 0 Å². The maximum Gasteiger partial charge on any atom is 0.120 e. The predicted octanol–water partition coefficient (Wildman–Crippen LogP) is 2.97. The Bertz CT molecular complexity index is 523. The van der Waals surface area contributed by atoms with E-state index in [1.54, 1.807) is 7.11 Å². The summed E-state index contributed by atoms with van der Waals surface area (Å²) in [6, 6.07) is 7.94. The third-order valence-corrected chi connectivity index (χ3v) is 2.82. The fourth-order valence-corrected chi connectivity index (χ4v) is 1.72. The monoisotopic (exact) mass is 259 g/mol. The molecule has 1 aromatic carbocycles. The number of hydrogen-bond acceptors (Lipinski definition) is 3. The van der Waals surface area contributed by atoms with Crippen molar-refractivity contribution >= 4 is 0 Å². The quantitative estimate of drug-likeness (QED) is 0.887. The molecular weight excluding hydrogens is 238 g/mol. The molecule has 0 unspecified atom stereocenters. The molecule has 0 bridgehead atoms. The first-order valence-corrected chi connectivity index (χ1v) is 6.41. The molecule has 0 aliphatic rings. The molecule has 1 aromatic heterocycles. The number of imidazole rings is 1. The Hall–Kier alpha value is -1.81. The van der Waals surface area contributed by atoms with Crippen molar-refractivity contribution in [2.45, 2.75) is 32.9 Å². The van der Waals surface area contributed by atoms with E-state index in [0.717, 1.165) is 29.4 Å². The number of methoxy groups -OCH3 is 1. The van der Waals surface area contributed by atoms with Gasteiger partial charge in [-0.2, -0.15) is 0 Å². The largest absolute Gasteiger partial charge is 0.497 e. The van der Waals surface area contributed by atoms with Crippen LogP contribution in [0.3, 0.4) is 0 Å². The summed E-state index contributed by atoms with van der Waals surface area (Å²) in [6.07, 6.45) is 1.86. The number of nitrogens with zero attached hydrogens (tertiary/aromatic N) is 1. The second-order valence-corrected chi connectivity index (χ2v) is 5.58. The Morgan fingerprint density at radius 3 is 2.47 bits per heavy atom. The number of H-pyrrole nitrogens is 1. The van der Waals surface area contributed by atoms with Gasteiger partial charge >= 0.3 is 0 Å². The molecule has 0 radical (unpaired) electrons. The molecule has 1 heterocycles. The maximum atomic E-state index is 5.15. The number of benzene rings is 1. The van der Waals surface area contributed by atoms with E-state index in [1.807, 2.05) is 30.5 Å². The highest BCUT2D eigenvalue weighted by Gasteiger charge is 2.10. The molecule has 2 aromatic rings. The molecule has 19 heavy (non-hydrogen) atoms. The van der Waals surface area contributed by atoms with Gasteiger partial charge in [0.05, 0.1) is 25.5 Å². The minimum atomic E-state index is 0.0903. The highest BCUT2D eigenvalue weighted by atomic mass is 16.5. The van der Waals surface area contributed by atoms with E-state index >= 15 is 0 Å². The van der Waals surface area contributed by atoms with Crippen molar-refractivity contribution in [2.75, 3.05) is 7.11 Å². The van der Waals surface area contributed by atoms with Crippen LogP contribution in [0.15, 0.2) is 30.5 Å². The van der Waals surface area contributed by atoms with Crippen LogP contribution >= 0.6 is 0 Å². The average Bonchev–Trinajstić information content (AvgIpc) is 2.84. The van der Waals surface area contributed by atoms with Gasteiger partial charge in [0.2, 0.25) is 0 Å². The van der Waals surface area contributed by atoms with Crippen LogP contribution in [0.5, 0.6) is 5.75 Å². The maximum absolute atomic E-state index is 5.15. The van der Waals surface area contributed by atoms with Gasteiger partial charge in [-0.15, -0.1) is 0 Å². The van der Waals surface area contributed by atoms with Crippen LogP contribution in [0, 0.1) is 0 Å². The van der Waals surface area contributed by atoms with Gasteiger partial charge in [-0.3, -0.25) is 0 Å². The van der Waals surface area contributed by atoms with Gasteiger partial charge in [-0.1, -0.05) is 0 Å². The van der Waals surface area contributed by atoms with E-state index in [9.17, 15) is 0 Å². The molecule has 0 saturated heterocycles. The molecule has 4 nitrogen and oxygen atoms in total. The Labute approximate surface area is 114 Å². The molecule has 2 rings (SSSR count). The van der Waals surface area contributed by atoms with E-state index in [4.69, 9.17) is 4.74 Å². The Morgan fingerprint density at radius 1 is 1.21 bits per heavy atom. The SMILES string of the molecule is COc1ccc(-c2cnc(CNC(C)(C)C)[nH]2)cc1. The standard InChI is InChI=1S/C15H21N3O/c1-15(2,3)17-10-14-16-9-13(18-14)11-5-7-12(19-4)8-6-11/h5-9,17H,10H2,1-4H3,(H,16,18). The van der Waals surface area contributed by atoms with Crippen molar-refractivity contribution < 1.29 is 4.74 Å². The molecule has 102 valence electrons. The van der Waals surface area contributed by atoms with Gasteiger partial charge in [0, 0.05) is 5.54 Å². The van der Waals surface area contributed by atoms with E-state index in [0.29, 0.717) is 0 Å². The summed E-state index contributed by atoms with van der Waals surface area (Å²) in [5.41, 5.74) is 2.22. The minimum Gasteiger partial charge on any atom is -0.497 e. The number of nitrogens with one attached hydrogen (secondary N) is 2. The van der Waals surface area contributed by atoms with E-state index in [-0.39, 0.29) is 5.54 Å². The molecule has 0 aliphatic carbocycles. The van der Waals surface area contributed by atoms with E-state index in [1.165, 1.54) is 0 Å². The molecule has 4 heteroatoms. The van der Waals surface area contributed by atoms with Crippen LogP contribution in [-0.4, -0.2) is 22.6 Å². The first-order valence-electron chi connectivity index (χ1n) is 6.41. The third kappa shape index (κ3) is 3.83. The zero-order valence-corrected chi connectivity index (χ0v) is 11.9.